The molecule has 0 amide bonds. The Labute approximate surface area is 127 Å². The lowest BCUT2D eigenvalue weighted by Gasteiger charge is -2.20. The number of unbranched alkanes of at least 4 members (excludes halogenated alkanes) is 1. The van der Waals surface area contributed by atoms with E-state index >= 15 is 0 Å². The van der Waals surface area contributed by atoms with Crippen LogP contribution in [0.5, 0.6) is 0 Å². The predicted molar refractivity (Wildman–Crippen MR) is 86.2 cm³/mol. The van der Waals surface area contributed by atoms with Crippen molar-refractivity contribution in [3.8, 4) is 0 Å². The monoisotopic (exact) mass is 301 g/mol. The summed E-state index contributed by atoms with van der Waals surface area (Å²) in [6, 6.07) is 5.98. The van der Waals surface area contributed by atoms with Crippen molar-refractivity contribution in [3.05, 3.63) is 33.8 Å². The van der Waals surface area contributed by atoms with Gasteiger partial charge < -0.3 is 5.32 Å². The zero-order valence-corrected chi connectivity index (χ0v) is 13.7. The van der Waals surface area contributed by atoms with E-state index in [4.69, 9.17) is 23.2 Å². The molecule has 1 rings (SSSR count). The SMILES string of the molecule is CCCCC(CC)CNC(C)c1ccc(Cl)cc1Cl. The van der Waals surface area contributed by atoms with Crippen LogP contribution in [0.2, 0.25) is 10.0 Å². The minimum atomic E-state index is 0.264. The van der Waals surface area contributed by atoms with Crippen molar-refractivity contribution in [1.29, 1.82) is 0 Å². The Morgan fingerprint density at radius 3 is 2.53 bits per heavy atom. The summed E-state index contributed by atoms with van der Waals surface area (Å²) in [6.45, 7) is 7.72. The Balaban J connectivity index is 2.51. The first kappa shape index (κ1) is 16.8. The molecule has 0 saturated heterocycles. The standard InChI is InChI=1S/C16H25Cl2N/c1-4-6-7-13(5-2)11-19-12(3)15-9-8-14(17)10-16(15)18/h8-10,12-13,19H,4-7,11H2,1-3H3. The van der Waals surface area contributed by atoms with E-state index in [1.165, 1.54) is 25.7 Å². The fourth-order valence-electron chi connectivity index (χ4n) is 2.25. The number of halogens is 2. The number of hydrogen-bond acceptors (Lipinski definition) is 1. The summed E-state index contributed by atoms with van der Waals surface area (Å²) < 4.78 is 0. The summed E-state index contributed by atoms with van der Waals surface area (Å²) in [5.74, 6) is 0.758. The first-order chi connectivity index (χ1) is 9.08. The molecule has 1 N–H and O–H groups in total. The Hall–Kier alpha value is -0.240. The van der Waals surface area contributed by atoms with Crippen molar-refractivity contribution < 1.29 is 0 Å². The molecule has 19 heavy (non-hydrogen) atoms. The second kappa shape index (κ2) is 8.84. The molecule has 0 radical (unpaired) electrons. The molecule has 108 valence electrons. The number of benzene rings is 1. The number of rotatable bonds is 8. The maximum Gasteiger partial charge on any atom is 0.0468 e. The van der Waals surface area contributed by atoms with Crippen molar-refractivity contribution in [2.75, 3.05) is 6.54 Å². The molecule has 0 bridgehead atoms. The van der Waals surface area contributed by atoms with Gasteiger partial charge in [-0.25, -0.2) is 0 Å². The Kier molecular flexibility index (Phi) is 7.82. The van der Waals surface area contributed by atoms with E-state index < -0.39 is 0 Å². The van der Waals surface area contributed by atoms with Gasteiger partial charge in [0.25, 0.3) is 0 Å². The van der Waals surface area contributed by atoms with Crippen molar-refractivity contribution in [1.82, 2.24) is 5.32 Å². The molecule has 1 nitrogen and oxygen atoms in total. The predicted octanol–water partition coefficient (Wildman–Crippen LogP) is 5.86. The van der Waals surface area contributed by atoms with Crippen molar-refractivity contribution in [3.63, 3.8) is 0 Å². The van der Waals surface area contributed by atoms with E-state index in [9.17, 15) is 0 Å². The summed E-state index contributed by atoms with van der Waals surface area (Å²) >= 11 is 12.2. The summed E-state index contributed by atoms with van der Waals surface area (Å²) in [6.07, 6.45) is 5.13. The van der Waals surface area contributed by atoms with Crippen LogP contribution in [0.1, 0.15) is 58.1 Å². The first-order valence-corrected chi connectivity index (χ1v) is 8.02. The molecule has 1 aromatic carbocycles. The van der Waals surface area contributed by atoms with Gasteiger partial charge in [0.1, 0.15) is 0 Å². The van der Waals surface area contributed by atoms with Crippen LogP contribution >= 0.6 is 23.2 Å². The van der Waals surface area contributed by atoms with Crippen molar-refractivity contribution >= 4 is 23.2 Å². The van der Waals surface area contributed by atoms with Gasteiger partial charge in [-0.3, -0.25) is 0 Å². The number of nitrogens with one attached hydrogen (secondary N) is 1. The topological polar surface area (TPSA) is 12.0 Å². The van der Waals surface area contributed by atoms with Crippen molar-refractivity contribution in [2.24, 2.45) is 5.92 Å². The highest BCUT2D eigenvalue weighted by atomic mass is 35.5. The average molecular weight is 302 g/mol. The summed E-state index contributed by atoms with van der Waals surface area (Å²) in [4.78, 5) is 0. The van der Waals surface area contributed by atoms with Crippen LogP contribution in [-0.2, 0) is 0 Å². The molecule has 0 heterocycles. The van der Waals surface area contributed by atoms with Crippen LogP contribution in [0.4, 0.5) is 0 Å². The van der Waals surface area contributed by atoms with E-state index in [0.717, 1.165) is 23.0 Å². The van der Waals surface area contributed by atoms with Crippen LogP contribution in [0.15, 0.2) is 18.2 Å². The van der Waals surface area contributed by atoms with E-state index in [2.05, 4.69) is 26.1 Å². The van der Waals surface area contributed by atoms with Crippen molar-refractivity contribution in [2.45, 2.75) is 52.5 Å². The zero-order chi connectivity index (χ0) is 14.3. The van der Waals surface area contributed by atoms with Gasteiger partial charge in [-0.1, -0.05) is 62.4 Å². The largest absolute Gasteiger partial charge is 0.310 e. The van der Waals surface area contributed by atoms with Gasteiger partial charge in [-0.05, 0) is 43.5 Å². The van der Waals surface area contributed by atoms with Crippen LogP contribution in [0.3, 0.4) is 0 Å². The molecule has 0 aliphatic rings. The van der Waals surface area contributed by atoms with Gasteiger partial charge in [0.05, 0.1) is 0 Å². The fraction of sp³-hybridized carbons (Fsp3) is 0.625. The molecule has 2 atom stereocenters. The zero-order valence-electron chi connectivity index (χ0n) is 12.2. The van der Waals surface area contributed by atoms with Gasteiger partial charge >= 0.3 is 0 Å². The van der Waals surface area contributed by atoms with Gasteiger partial charge in [0, 0.05) is 16.1 Å². The minimum Gasteiger partial charge on any atom is -0.310 e. The molecule has 0 aliphatic heterocycles. The third-order valence-electron chi connectivity index (χ3n) is 3.68. The first-order valence-electron chi connectivity index (χ1n) is 7.26. The second-order valence-corrected chi connectivity index (χ2v) is 6.06. The van der Waals surface area contributed by atoms with Gasteiger partial charge in [-0.2, -0.15) is 0 Å². The van der Waals surface area contributed by atoms with E-state index in [0.29, 0.717) is 5.02 Å². The smallest absolute Gasteiger partial charge is 0.0468 e. The van der Waals surface area contributed by atoms with Crippen LogP contribution in [0, 0.1) is 5.92 Å². The van der Waals surface area contributed by atoms with Crippen LogP contribution < -0.4 is 5.32 Å². The summed E-state index contributed by atoms with van der Waals surface area (Å²) in [7, 11) is 0. The molecule has 0 spiro atoms. The van der Waals surface area contributed by atoms with Gasteiger partial charge in [0.2, 0.25) is 0 Å². The molecule has 1 aromatic rings. The van der Waals surface area contributed by atoms with E-state index in [-0.39, 0.29) is 6.04 Å². The third kappa shape index (κ3) is 5.72. The Morgan fingerprint density at radius 1 is 1.21 bits per heavy atom. The quantitative estimate of drug-likeness (QED) is 0.634. The van der Waals surface area contributed by atoms with Gasteiger partial charge in [0.15, 0.2) is 0 Å². The second-order valence-electron chi connectivity index (χ2n) is 5.21. The highest BCUT2D eigenvalue weighted by Gasteiger charge is 2.12. The normalized spacial score (nSPS) is 14.4. The van der Waals surface area contributed by atoms with Crippen LogP contribution in [-0.4, -0.2) is 6.54 Å². The lowest BCUT2D eigenvalue weighted by molar-refractivity contribution is 0.398. The van der Waals surface area contributed by atoms with E-state index in [1.807, 2.05) is 18.2 Å². The molecular weight excluding hydrogens is 277 g/mol. The molecule has 0 fully saturated rings. The fourth-order valence-corrected chi connectivity index (χ4v) is 2.82. The molecular formula is C16H25Cl2N. The number of hydrogen-bond donors (Lipinski definition) is 1. The highest BCUT2D eigenvalue weighted by Crippen LogP contribution is 2.26. The molecule has 3 heteroatoms. The highest BCUT2D eigenvalue weighted by molar-refractivity contribution is 6.35. The Bertz CT molecular complexity index is 379. The molecule has 0 aliphatic carbocycles. The molecule has 0 aromatic heterocycles. The minimum absolute atomic E-state index is 0.264. The summed E-state index contributed by atoms with van der Waals surface area (Å²) in [5, 5.41) is 5.03. The Morgan fingerprint density at radius 2 is 1.95 bits per heavy atom. The lowest BCUT2D eigenvalue weighted by Crippen LogP contribution is -2.25. The molecule has 2 unspecified atom stereocenters. The van der Waals surface area contributed by atoms with Gasteiger partial charge in [-0.15, -0.1) is 0 Å². The summed E-state index contributed by atoms with van der Waals surface area (Å²) in [5.41, 5.74) is 1.12. The molecule has 0 saturated carbocycles. The average Bonchev–Trinajstić information content (AvgIpc) is 2.38. The maximum atomic E-state index is 6.23. The third-order valence-corrected chi connectivity index (χ3v) is 4.25. The lowest BCUT2D eigenvalue weighted by atomic mass is 9.98. The van der Waals surface area contributed by atoms with Crippen LogP contribution in [0.25, 0.3) is 0 Å². The van der Waals surface area contributed by atoms with E-state index in [1.54, 1.807) is 0 Å². The maximum absolute atomic E-state index is 6.23.